The number of likely N-dealkylation sites (tertiary alicyclic amines) is 1. The number of benzene rings is 1. The van der Waals surface area contributed by atoms with Crippen molar-refractivity contribution in [2.75, 3.05) is 19.7 Å². The summed E-state index contributed by atoms with van der Waals surface area (Å²) in [6, 6.07) is 4.00. The highest BCUT2D eigenvalue weighted by Gasteiger charge is 2.24. The van der Waals surface area contributed by atoms with E-state index in [1.165, 1.54) is 18.2 Å². The summed E-state index contributed by atoms with van der Waals surface area (Å²) in [6.45, 7) is 0.975. The van der Waals surface area contributed by atoms with Crippen LogP contribution in [0.4, 0.5) is 4.39 Å². The number of rotatable bonds is 5. The summed E-state index contributed by atoms with van der Waals surface area (Å²) < 4.78 is 18.8. The molecule has 22 heavy (non-hydrogen) atoms. The third-order valence-electron chi connectivity index (χ3n) is 3.68. The van der Waals surface area contributed by atoms with Crippen molar-refractivity contribution in [1.29, 1.82) is 0 Å². The minimum Gasteiger partial charge on any atom is -0.483 e. The van der Waals surface area contributed by atoms with E-state index in [0.717, 1.165) is 0 Å². The lowest BCUT2D eigenvalue weighted by atomic mass is 9.94. The number of halogens is 2. The average molecular weight is 374 g/mol. The largest absolute Gasteiger partial charge is 0.483 e. The standard InChI is InChI=1S/C15H17BrFNO4/c16-12-8-11(17)1-2-13(12)22-9-14(19)18-5-3-10(4-6-18)7-15(20)21/h1-2,8,10H,3-7,9H2,(H,20,21). The summed E-state index contributed by atoms with van der Waals surface area (Å²) in [4.78, 5) is 24.4. The average Bonchev–Trinajstić information content (AvgIpc) is 2.46. The number of aliphatic carboxylic acids is 1. The van der Waals surface area contributed by atoms with Gasteiger partial charge in [-0.25, -0.2) is 4.39 Å². The van der Waals surface area contributed by atoms with Crippen LogP contribution in [0.1, 0.15) is 19.3 Å². The first-order valence-electron chi connectivity index (χ1n) is 7.03. The Bertz CT molecular complexity index is 558. The maximum atomic E-state index is 13.0. The Hall–Kier alpha value is -1.63. The van der Waals surface area contributed by atoms with Gasteiger partial charge in [-0.1, -0.05) is 0 Å². The smallest absolute Gasteiger partial charge is 0.303 e. The zero-order valence-corrected chi connectivity index (χ0v) is 13.5. The van der Waals surface area contributed by atoms with Gasteiger partial charge in [0.25, 0.3) is 5.91 Å². The normalized spacial score (nSPS) is 15.6. The van der Waals surface area contributed by atoms with Crippen molar-refractivity contribution in [1.82, 2.24) is 4.90 Å². The summed E-state index contributed by atoms with van der Waals surface area (Å²) in [7, 11) is 0. The number of amides is 1. The first kappa shape index (κ1) is 16.7. The summed E-state index contributed by atoms with van der Waals surface area (Å²) >= 11 is 3.18. The number of nitrogens with zero attached hydrogens (tertiary/aromatic N) is 1. The van der Waals surface area contributed by atoms with Gasteiger partial charge in [0.2, 0.25) is 0 Å². The van der Waals surface area contributed by atoms with E-state index in [4.69, 9.17) is 9.84 Å². The molecule has 1 aliphatic heterocycles. The van der Waals surface area contributed by atoms with Gasteiger partial charge in [0.1, 0.15) is 11.6 Å². The van der Waals surface area contributed by atoms with Gasteiger partial charge in [-0.3, -0.25) is 9.59 Å². The SMILES string of the molecule is O=C(O)CC1CCN(C(=O)COc2ccc(F)cc2Br)CC1. The van der Waals surface area contributed by atoms with Gasteiger partial charge in [-0.05, 0) is 52.9 Å². The molecule has 0 atom stereocenters. The van der Waals surface area contributed by atoms with Gasteiger partial charge in [-0.2, -0.15) is 0 Å². The van der Waals surface area contributed by atoms with Gasteiger partial charge in [-0.15, -0.1) is 0 Å². The lowest BCUT2D eigenvalue weighted by Gasteiger charge is -2.31. The summed E-state index contributed by atoms with van der Waals surface area (Å²) in [5.41, 5.74) is 0. The Labute approximate surface area is 136 Å². The molecule has 0 aliphatic carbocycles. The van der Waals surface area contributed by atoms with E-state index in [2.05, 4.69) is 15.9 Å². The number of carbonyl (C=O) groups excluding carboxylic acids is 1. The van der Waals surface area contributed by atoms with Gasteiger partial charge in [0, 0.05) is 19.5 Å². The van der Waals surface area contributed by atoms with Crippen LogP contribution >= 0.6 is 15.9 Å². The Morgan fingerprint density at radius 2 is 2.05 bits per heavy atom. The van der Waals surface area contributed by atoms with Crippen molar-refractivity contribution in [2.24, 2.45) is 5.92 Å². The molecule has 1 saturated heterocycles. The lowest BCUT2D eigenvalue weighted by Crippen LogP contribution is -2.41. The second kappa shape index (κ2) is 7.58. The highest BCUT2D eigenvalue weighted by atomic mass is 79.9. The zero-order valence-electron chi connectivity index (χ0n) is 11.9. The van der Waals surface area contributed by atoms with Gasteiger partial charge in [0.15, 0.2) is 6.61 Å². The predicted molar refractivity (Wildman–Crippen MR) is 81.2 cm³/mol. The number of hydrogen-bond donors (Lipinski definition) is 1. The fourth-order valence-electron chi connectivity index (χ4n) is 2.46. The third-order valence-corrected chi connectivity index (χ3v) is 4.30. The molecule has 1 heterocycles. The van der Waals surface area contributed by atoms with Crippen molar-refractivity contribution in [3.8, 4) is 5.75 Å². The maximum Gasteiger partial charge on any atom is 0.303 e. The van der Waals surface area contributed by atoms with Crippen LogP contribution in [0.2, 0.25) is 0 Å². The van der Waals surface area contributed by atoms with Crippen molar-refractivity contribution in [2.45, 2.75) is 19.3 Å². The minimum atomic E-state index is -0.797. The first-order chi connectivity index (χ1) is 10.5. The van der Waals surface area contributed by atoms with E-state index >= 15 is 0 Å². The van der Waals surface area contributed by atoms with Crippen LogP contribution in [0.25, 0.3) is 0 Å². The molecule has 0 bridgehead atoms. The molecule has 0 radical (unpaired) electrons. The Morgan fingerprint density at radius 3 is 2.64 bits per heavy atom. The molecule has 1 fully saturated rings. The van der Waals surface area contributed by atoms with E-state index < -0.39 is 5.97 Å². The van der Waals surface area contributed by atoms with Crippen LogP contribution in [0, 0.1) is 11.7 Å². The number of piperidine rings is 1. The number of carbonyl (C=O) groups is 2. The Morgan fingerprint density at radius 1 is 1.36 bits per heavy atom. The third kappa shape index (κ3) is 4.69. The molecule has 7 heteroatoms. The molecule has 120 valence electrons. The zero-order chi connectivity index (χ0) is 16.1. The fourth-order valence-corrected chi connectivity index (χ4v) is 2.92. The quantitative estimate of drug-likeness (QED) is 0.861. The van der Waals surface area contributed by atoms with Crippen LogP contribution in [-0.2, 0) is 9.59 Å². The van der Waals surface area contributed by atoms with Crippen molar-refractivity contribution < 1.29 is 23.8 Å². The molecule has 1 aliphatic rings. The molecule has 2 rings (SSSR count). The highest BCUT2D eigenvalue weighted by Crippen LogP contribution is 2.26. The van der Waals surface area contributed by atoms with E-state index in [1.807, 2.05) is 0 Å². The second-order valence-electron chi connectivity index (χ2n) is 5.29. The molecule has 1 N–H and O–H groups in total. The van der Waals surface area contributed by atoms with Crippen molar-refractivity contribution in [3.05, 3.63) is 28.5 Å². The Balaban J connectivity index is 1.80. The first-order valence-corrected chi connectivity index (χ1v) is 7.82. The fraction of sp³-hybridized carbons (Fsp3) is 0.467. The minimum absolute atomic E-state index is 0.117. The topological polar surface area (TPSA) is 66.8 Å². The monoisotopic (exact) mass is 373 g/mol. The molecule has 1 amide bonds. The van der Waals surface area contributed by atoms with Crippen LogP contribution in [0.5, 0.6) is 5.75 Å². The highest BCUT2D eigenvalue weighted by molar-refractivity contribution is 9.10. The van der Waals surface area contributed by atoms with Gasteiger partial charge in [0.05, 0.1) is 4.47 Å². The van der Waals surface area contributed by atoms with Crippen LogP contribution in [0.3, 0.4) is 0 Å². The van der Waals surface area contributed by atoms with Crippen LogP contribution < -0.4 is 4.74 Å². The predicted octanol–water partition coefficient (Wildman–Crippen LogP) is 2.68. The van der Waals surface area contributed by atoms with E-state index in [-0.39, 0.29) is 30.7 Å². The van der Waals surface area contributed by atoms with Gasteiger partial charge < -0.3 is 14.7 Å². The van der Waals surface area contributed by atoms with E-state index in [0.29, 0.717) is 36.2 Å². The number of carboxylic acid groups (broad SMARTS) is 1. The van der Waals surface area contributed by atoms with Crippen molar-refractivity contribution in [3.63, 3.8) is 0 Å². The number of hydrogen-bond acceptors (Lipinski definition) is 3. The van der Waals surface area contributed by atoms with E-state index in [1.54, 1.807) is 4.90 Å². The molecule has 0 aromatic heterocycles. The molecule has 1 aromatic carbocycles. The second-order valence-corrected chi connectivity index (χ2v) is 6.14. The van der Waals surface area contributed by atoms with Crippen molar-refractivity contribution >= 4 is 27.8 Å². The Kier molecular flexibility index (Phi) is 5.76. The summed E-state index contributed by atoms with van der Waals surface area (Å²) in [6.07, 6.45) is 1.54. The molecule has 5 nitrogen and oxygen atoms in total. The van der Waals surface area contributed by atoms with Gasteiger partial charge >= 0.3 is 5.97 Å². The van der Waals surface area contributed by atoms with Crippen LogP contribution in [-0.4, -0.2) is 41.6 Å². The summed E-state index contributed by atoms with van der Waals surface area (Å²) in [5.74, 6) is -0.783. The lowest BCUT2D eigenvalue weighted by molar-refractivity contribution is -0.139. The molecule has 0 spiro atoms. The molecule has 0 saturated carbocycles. The number of carboxylic acids is 1. The number of ether oxygens (including phenoxy) is 1. The van der Waals surface area contributed by atoms with Crippen LogP contribution in [0.15, 0.2) is 22.7 Å². The maximum absolute atomic E-state index is 13.0. The van der Waals surface area contributed by atoms with E-state index in [9.17, 15) is 14.0 Å². The summed E-state index contributed by atoms with van der Waals surface area (Å²) in [5, 5.41) is 8.76. The molecular weight excluding hydrogens is 357 g/mol. The molecule has 0 unspecified atom stereocenters. The molecular formula is C15H17BrFNO4. The molecule has 1 aromatic rings.